The van der Waals surface area contributed by atoms with Gasteiger partial charge in [-0.2, -0.15) is 0 Å². The Hall–Kier alpha value is -7.82. The minimum absolute atomic E-state index is 0.636. The molecule has 0 aliphatic rings. The van der Waals surface area contributed by atoms with Crippen LogP contribution in [0.4, 0.5) is 0 Å². The van der Waals surface area contributed by atoms with Crippen LogP contribution in [0.25, 0.3) is 111 Å². The van der Waals surface area contributed by atoms with Crippen LogP contribution in [0.5, 0.6) is 0 Å². The summed E-state index contributed by atoms with van der Waals surface area (Å²) in [4.78, 5) is 10.8. The van der Waals surface area contributed by atoms with Crippen molar-refractivity contribution < 1.29 is 0 Å². The van der Waals surface area contributed by atoms with Crippen molar-refractivity contribution in [1.29, 1.82) is 0 Å². The van der Waals surface area contributed by atoms with Gasteiger partial charge < -0.3 is 4.40 Å². The first kappa shape index (κ1) is 32.4. The largest absolute Gasteiger partial charge is 0.309 e. The maximum absolute atomic E-state index is 5.39. The lowest BCUT2D eigenvalue weighted by Crippen LogP contribution is -2.04. The van der Waals surface area contributed by atoms with Gasteiger partial charge in [-0.3, -0.25) is 4.57 Å². The van der Waals surface area contributed by atoms with E-state index in [4.69, 9.17) is 9.97 Å². The zero-order chi connectivity index (χ0) is 38.2. The Balaban J connectivity index is 1.11. The Kier molecular flexibility index (Phi) is 7.20. The molecule has 58 heavy (non-hydrogen) atoms. The number of nitrogens with zero attached hydrogens (tertiary/aromatic N) is 4. The molecular weight excluding hydrogens is 705 g/mol. The van der Waals surface area contributed by atoms with Gasteiger partial charge in [-0.05, 0) is 64.0 Å². The van der Waals surface area contributed by atoms with Crippen LogP contribution in [0.15, 0.2) is 206 Å². The molecular formula is C54H34N4. The highest BCUT2D eigenvalue weighted by molar-refractivity contribution is 6.24. The van der Waals surface area contributed by atoms with Gasteiger partial charge in [0.25, 0.3) is 0 Å². The molecule has 0 spiro atoms. The molecule has 0 radical (unpaired) electrons. The van der Waals surface area contributed by atoms with Crippen molar-refractivity contribution in [3.8, 4) is 50.7 Å². The number of aromatic nitrogens is 4. The molecule has 0 aliphatic heterocycles. The molecule has 0 amide bonds. The van der Waals surface area contributed by atoms with Crippen molar-refractivity contribution in [3.05, 3.63) is 206 Å². The van der Waals surface area contributed by atoms with Crippen LogP contribution in [0.2, 0.25) is 0 Å². The van der Waals surface area contributed by atoms with E-state index in [1.54, 1.807) is 0 Å². The highest BCUT2D eigenvalue weighted by Gasteiger charge is 2.21. The second kappa shape index (κ2) is 12.9. The summed E-state index contributed by atoms with van der Waals surface area (Å²) in [6.45, 7) is 0. The topological polar surface area (TPSA) is 35.1 Å². The van der Waals surface area contributed by atoms with E-state index in [1.165, 1.54) is 71.1 Å². The Morgan fingerprint density at radius 1 is 0.276 bits per heavy atom. The molecule has 0 saturated carbocycles. The van der Waals surface area contributed by atoms with Gasteiger partial charge in [-0.1, -0.05) is 170 Å². The quantitative estimate of drug-likeness (QED) is 0.165. The molecule has 0 fully saturated rings. The van der Waals surface area contributed by atoms with Gasteiger partial charge in [0.15, 0.2) is 0 Å². The molecule has 0 saturated heterocycles. The van der Waals surface area contributed by atoms with Gasteiger partial charge in [-0.25, -0.2) is 9.97 Å². The fourth-order valence-electron chi connectivity index (χ4n) is 9.02. The maximum Gasteiger partial charge on any atom is 0.235 e. The molecule has 0 N–H and O–H groups in total. The lowest BCUT2D eigenvalue weighted by molar-refractivity contribution is 0.996. The summed E-state index contributed by atoms with van der Waals surface area (Å²) in [5.74, 6) is 0.636. The van der Waals surface area contributed by atoms with Crippen LogP contribution in [0.1, 0.15) is 0 Å². The predicted octanol–water partition coefficient (Wildman–Crippen LogP) is 14.0. The van der Waals surface area contributed by atoms with Crippen LogP contribution in [0.3, 0.4) is 0 Å². The van der Waals surface area contributed by atoms with Gasteiger partial charge in [0.05, 0.1) is 39.0 Å². The summed E-state index contributed by atoms with van der Waals surface area (Å²) in [5, 5.41) is 7.32. The number of hydrogen-bond acceptors (Lipinski definition) is 2. The average molecular weight is 739 g/mol. The van der Waals surface area contributed by atoms with E-state index in [-0.39, 0.29) is 0 Å². The minimum atomic E-state index is 0.636. The summed E-state index contributed by atoms with van der Waals surface area (Å²) in [6.07, 6.45) is 0. The SMILES string of the molecule is c1ccc(-c2ccc(-c3cc(-c4ccc(-c5ccccc5)cc4)nc(-n4c5ccccc5c5c6cc7c8ccccc8c8ccccc8n7c6ccc54)n3)cc2)cc1. The highest BCUT2D eigenvalue weighted by Crippen LogP contribution is 2.41. The van der Waals surface area contributed by atoms with Gasteiger partial charge >= 0.3 is 0 Å². The molecule has 12 rings (SSSR count). The lowest BCUT2D eigenvalue weighted by atomic mass is 10.0. The van der Waals surface area contributed by atoms with Crippen molar-refractivity contribution in [2.24, 2.45) is 0 Å². The monoisotopic (exact) mass is 738 g/mol. The normalized spacial score (nSPS) is 11.8. The zero-order valence-corrected chi connectivity index (χ0v) is 31.4. The highest BCUT2D eigenvalue weighted by atomic mass is 15.2. The number of pyridine rings is 1. The van der Waals surface area contributed by atoms with Crippen LogP contribution in [-0.2, 0) is 0 Å². The third-order valence-corrected chi connectivity index (χ3v) is 11.7. The molecule has 0 atom stereocenters. The molecule has 0 unspecified atom stereocenters. The van der Waals surface area contributed by atoms with E-state index in [2.05, 4.69) is 215 Å². The second-order valence-electron chi connectivity index (χ2n) is 15.0. The molecule has 8 aromatic carbocycles. The third-order valence-electron chi connectivity index (χ3n) is 11.7. The van der Waals surface area contributed by atoms with Crippen molar-refractivity contribution in [3.63, 3.8) is 0 Å². The maximum atomic E-state index is 5.39. The van der Waals surface area contributed by atoms with E-state index >= 15 is 0 Å². The smallest absolute Gasteiger partial charge is 0.235 e. The zero-order valence-electron chi connectivity index (χ0n) is 31.4. The van der Waals surface area contributed by atoms with Crippen LogP contribution < -0.4 is 0 Å². The second-order valence-corrected chi connectivity index (χ2v) is 15.0. The molecule has 270 valence electrons. The van der Waals surface area contributed by atoms with E-state index in [0.717, 1.165) is 33.5 Å². The van der Waals surface area contributed by atoms with E-state index in [1.807, 2.05) is 0 Å². The van der Waals surface area contributed by atoms with Gasteiger partial charge in [0.1, 0.15) is 0 Å². The van der Waals surface area contributed by atoms with Gasteiger partial charge in [0, 0.05) is 38.1 Å². The summed E-state index contributed by atoms with van der Waals surface area (Å²) in [6, 6.07) is 73.7. The van der Waals surface area contributed by atoms with Crippen molar-refractivity contribution in [2.75, 3.05) is 0 Å². The number of para-hydroxylation sites is 2. The summed E-state index contributed by atoms with van der Waals surface area (Å²) in [7, 11) is 0. The first-order chi connectivity index (χ1) is 28.8. The fraction of sp³-hybridized carbons (Fsp3) is 0. The summed E-state index contributed by atoms with van der Waals surface area (Å²) in [5.41, 5.74) is 14.2. The van der Waals surface area contributed by atoms with Crippen molar-refractivity contribution in [1.82, 2.24) is 18.9 Å². The van der Waals surface area contributed by atoms with Crippen LogP contribution in [-0.4, -0.2) is 18.9 Å². The fourth-order valence-corrected chi connectivity index (χ4v) is 9.02. The Bertz CT molecular complexity index is 3420. The van der Waals surface area contributed by atoms with Gasteiger partial charge in [-0.15, -0.1) is 0 Å². The van der Waals surface area contributed by atoms with E-state index in [9.17, 15) is 0 Å². The predicted molar refractivity (Wildman–Crippen MR) is 242 cm³/mol. The Labute approximate surface area is 334 Å². The van der Waals surface area contributed by atoms with Crippen molar-refractivity contribution >= 4 is 59.9 Å². The van der Waals surface area contributed by atoms with Crippen LogP contribution in [0, 0.1) is 0 Å². The molecule has 4 heterocycles. The molecule has 0 bridgehead atoms. The Morgan fingerprint density at radius 3 is 1.31 bits per heavy atom. The number of rotatable bonds is 5. The summed E-state index contributed by atoms with van der Waals surface area (Å²) >= 11 is 0. The minimum Gasteiger partial charge on any atom is -0.309 e. The molecule has 4 heteroatoms. The molecule has 0 aliphatic carbocycles. The first-order valence-corrected chi connectivity index (χ1v) is 19.7. The average Bonchev–Trinajstić information content (AvgIpc) is 3.87. The molecule has 4 aromatic heterocycles. The number of fused-ring (bicyclic) bond motifs is 12. The third kappa shape index (κ3) is 5.02. The first-order valence-electron chi connectivity index (χ1n) is 19.7. The van der Waals surface area contributed by atoms with Gasteiger partial charge in [0.2, 0.25) is 5.95 Å². The number of benzene rings is 8. The molecule has 12 aromatic rings. The van der Waals surface area contributed by atoms with E-state index < -0.39 is 0 Å². The Morgan fingerprint density at radius 2 is 0.707 bits per heavy atom. The number of hydrogen-bond donors (Lipinski definition) is 0. The van der Waals surface area contributed by atoms with E-state index in [0.29, 0.717) is 5.95 Å². The molecule has 4 nitrogen and oxygen atoms in total. The standard InChI is InChI=1S/C54H34N4/c1-3-13-35(14-4-1)37-23-27-39(28-24-37)46-34-47(40-29-25-38(26-30-40)36-15-5-2-6-16-36)56-54(55-46)58-49-22-12-10-20-44(49)53-45-33-52-43-19-8-7-17-41(43)42-18-9-11-21-48(42)57(52)50(45)31-32-51(53)58/h1-34H. The van der Waals surface area contributed by atoms with Crippen molar-refractivity contribution in [2.45, 2.75) is 0 Å². The lowest BCUT2D eigenvalue weighted by Gasteiger charge is -2.13. The summed E-state index contributed by atoms with van der Waals surface area (Å²) < 4.78 is 4.69. The van der Waals surface area contributed by atoms with Crippen LogP contribution >= 0.6 is 0 Å².